The average molecular weight is 274 g/mol. The molecule has 0 radical (unpaired) electrons. The molecule has 2 atom stereocenters. The van der Waals surface area contributed by atoms with E-state index >= 15 is 0 Å². The van der Waals surface area contributed by atoms with Gasteiger partial charge in [-0.15, -0.1) is 0 Å². The minimum Gasteiger partial charge on any atom is -0.481 e. The molecule has 0 saturated heterocycles. The topological polar surface area (TPSA) is 66.4 Å². The zero-order valence-corrected chi connectivity index (χ0v) is 10.7. The molecule has 0 heterocycles. The number of aliphatic carboxylic acids is 1. The standard InChI is InChI=1S/C12H13ClFNO3/c1-6(12(17)18)11(16)15-7(2)8-3-4-10(14)9(13)5-8/h3-7H,1-2H3,(H,15,16)(H,17,18). The van der Waals surface area contributed by atoms with Crippen LogP contribution in [0.2, 0.25) is 5.02 Å². The molecule has 0 aliphatic carbocycles. The van der Waals surface area contributed by atoms with Gasteiger partial charge in [-0.3, -0.25) is 9.59 Å². The van der Waals surface area contributed by atoms with Gasteiger partial charge in [0.15, 0.2) is 0 Å². The molecular weight excluding hydrogens is 261 g/mol. The first-order valence-corrected chi connectivity index (χ1v) is 5.69. The minimum atomic E-state index is -1.20. The summed E-state index contributed by atoms with van der Waals surface area (Å²) >= 11 is 5.63. The Bertz CT molecular complexity index is 478. The highest BCUT2D eigenvalue weighted by molar-refractivity contribution is 6.30. The molecule has 0 aromatic heterocycles. The van der Waals surface area contributed by atoms with Crippen molar-refractivity contribution in [1.82, 2.24) is 5.32 Å². The van der Waals surface area contributed by atoms with Crippen LogP contribution in [0.1, 0.15) is 25.5 Å². The maximum Gasteiger partial charge on any atom is 0.315 e. The SMILES string of the molecule is CC(C(=O)O)C(=O)NC(C)c1ccc(F)c(Cl)c1. The van der Waals surface area contributed by atoms with Gasteiger partial charge in [-0.1, -0.05) is 17.7 Å². The molecule has 0 aliphatic heterocycles. The summed E-state index contributed by atoms with van der Waals surface area (Å²) in [6.07, 6.45) is 0. The Kier molecular flexibility index (Phi) is 4.67. The van der Waals surface area contributed by atoms with Crippen LogP contribution in [0.5, 0.6) is 0 Å². The summed E-state index contributed by atoms with van der Waals surface area (Å²) in [5, 5.41) is 11.2. The van der Waals surface area contributed by atoms with Crippen molar-refractivity contribution in [1.29, 1.82) is 0 Å². The Morgan fingerprint density at radius 3 is 2.50 bits per heavy atom. The predicted molar refractivity (Wildman–Crippen MR) is 64.8 cm³/mol. The quantitative estimate of drug-likeness (QED) is 0.828. The first-order chi connectivity index (χ1) is 8.32. The highest BCUT2D eigenvalue weighted by Crippen LogP contribution is 2.20. The number of carboxylic acids is 1. The molecular formula is C12H13ClFNO3. The third kappa shape index (κ3) is 3.43. The van der Waals surface area contributed by atoms with Gasteiger partial charge in [-0.05, 0) is 31.5 Å². The Morgan fingerprint density at radius 1 is 1.39 bits per heavy atom. The number of halogens is 2. The summed E-state index contributed by atoms with van der Waals surface area (Å²) in [7, 11) is 0. The minimum absolute atomic E-state index is 0.0418. The van der Waals surface area contributed by atoms with Crippen molar-refractivity contribution in [3.63, 3.8) is 0 Å². The first kappa shape index (κ1) is 14.4. The van der Waals surface area contributed by atoms with Crippen LogP contribution in [0.4, 0.5) is 4.39 Å². The van der Waals surface area contributed by atoms with Crippen molar-refractivity contribution < 1.29 is 19.1 Å². The molecule has 1 rings (SSSR count). The molecule has 1 aromatic rings. The van der Waals surface area contributed by atoms with E-state index in [0.29, 0.717) is 5.56 Å². The molecule has 98 valence electrons. The van der Waals surface area contributed by atoms with Crippen molar-refractivity contribution in [2.24, 2.45) is 5.92 Å². The second kappa shape index (κ2) is 5.82. The van der Waals surface area contributed by atoms with Gasteiger partial charge in [0.1, 0.15) is 11.7 Å². The maximum absolute atomic E-state index is 13.0. The lowest BCUT2D eigenvalue weighted by atomic mass is 10.1. The van der Waals surface area contributed by atoms with Crippen LogP contribution in [0, 0.1) is 11.7 Å². The fraction of sp³-hybridized carbons (Fsp3) is 0.333. The van der Waals surface area contributed by atoms with Crippen LogP contribution in [0.25, 0.3) is 0 Å². The number of rotatable bonds is 4. The van der Waals surface area contributed by atoms with E-state index in [0.717, 1.165) is 0 Å². The van der Waals surface area contributed by atoms with Gasteiger partial charge in [-0.2, -0.15) is 0 Å². The van der Waals surface area contributed by atoms with Crippen molar-refractivity contribution in [3.05, 3.63) is 34.6 Å². The molecule has 0 aliphatic rings. The predicted octanol–water partition coefficient (Wildman–Crippen LogP) is 2.38. The van der Waals surface area contributed by atoms with Gasteiger partial charge in [0.2, 0.25) is 5.91 Å². The highest BCUT2D eigenvalue weighted by atomic mass is 35.5. The van der Waals surface area contributed by atoms with E-state index in [-0.39, 0.29) is 5.02 Å². The van der Waals surface area contributed by atoms with Crippen LogP contribution in [-0.4, -0.2) is 17.0 Å². The lowest BCUT2D eigenvalue weighted by Crippen LogP contribution is -2.35. The number of carboxylic acid groups (broad SMARTS) is 1. The zero-order valence-electron chi connectivity index (χ0n) is 9.91. The maximum atomic E-state index is 13.0. The van der Waals surface area contributed by atoms with Crippen LogP contribution >= 0.6 is 11.6 Å². The smallest absolute Gasteiger partial charge is 0.315 e. The van der Waals surface area contributed by atoms with Gasteiger partial charge in [0.25, 0.3) is 0 Å². The summed E-state index contributed by atoms with van der Waals surface area (Å²) in [5.41, 5.74) is 0.604. The van der Waals surface area contributed by atoms with E-state index in [1.54, 1.807) is 6.92 Å². The van der Waals surface area contributed by atoms with E-state index in [1.165, 1.54) is 25.1 Å². The molecule has 2 unspecified atom stereocenters. The van der Waals surface area contributed by atoms with Crippen molar-refractivity contribution in [2.75, 3.05) is 0 Å². The number of amides is 1. The van der Waals surface area contributed by atoms with E-state index in [9.17, 15) is 14.0 Å². The van der Waals surface area contributed by atoms with Gasteiger partial charge >= 0.3 is 5.97 Å². The van der Waals surface area contributed by atoms with Gasteiger partial charge in [0, 0.05) is 0 Å². The summed E-state index contributed by atoms with van der Waals surface area (Å²) in [6, 6.07) is 3.63. The Labute approximate surface area is 109 Å². The normalized spacial score (nSPS) is 13.8. The van der Waals surface area contributed by atoms with Crippen molar-refractivity contribution in [3.8, 4) is 0 Å². The second-order valence-electron chi connectivity index (χ2n) is 3.96. The molecule has 6 heteroatoms. The van der Waals surface area contributed by atoms with E-state index in [4.69, 9.17) is 16.7 Å². The van der Waals surface area contributed by atoms with Gasteiger partial charge < -0.3 is 10.4 Å². The fourth-order valence-electron chi connectivity index (χ4n) is 1.32. The second-order valence-corrected chi connectivity index (χ2v) is 4.37. The Hall–Kier alpha value is -1.62. The molecule has 0 spiro atoms. The third-order valence-corrected chi connectivity index (χ3v) is 2.86. The van der Waals surface area contributed by atoms with Crippen molar-refractivity contribution >= 4 is 23.5 Å². The molecule has 2 N–H and O–H groups in total. The van der Waals surface area contributed by atoms with Crippen LogP contribution in [-0.2, 0) is 9.59 Å². The number of benzene rings is 1. The largest absolute Gasteiger partial charge is 0.481 e. The van der Waals surface area contributed by atoms with Gasteiger partial charge in [0.05, 0.1) is 11.1 Å². The summed E-state index contributed by atoms with van der Waals surface area (Å²) in [5.74, 6) is -3.48. The molecule has 1 aromatic carbocycles. The average Bonchev–Trinajstić information content (AvgIpc) is 2.31. The van der Waals surface area contributed by atoms with Crippen LogP contribution in [0.15, 0.2) is 18.2 Å². The Morgan fingerprint density at radius 2 is 2.00 bits per heavy atom. The number of hydrogen-bond acceptors (Lipinski definition) is 2. The summed E-state index contributed by atoms with van der Waals surface area (Å²) in [4.78, 5) is 22.1. The number of carbonyl (C=O) groups excluding carboxylic acids is 1. The molecule has 0 saturated carbocycles. The zero-order chi connectivity index (χ0) is 13.9. The first-order valence-electron chi connectivity index (χ1n) is 5.31. The summed E-state index contributed by atoms with van der Waals surface area (Å²) in [6.45, 7) is 2.96. The fourth-order valence-corrected chi connectivity index (χ4v) is 1.50. The van der Waals surface area contributed by atoms with E-state index in [1.807, 2.05) is 0 Å². The number of hydrogen-bond donors (Lipinski definition) is 2. The monoisotopic (exact) mass is 273 g/mol. The molecule has 4 nitrogen and oxygen atoms in total. The lowest BCUT2D eigenvalue weighted by molar-refractivity contribution is -0.146. The lowest BCUT2D eigenvalue weighted by Gasteiger charge is -2.16. The third-order valence-electron chi connectivity index (χ3n) is 2.57. The number of nitrogens with one attached hydrogen (secondary N) is 1. The molecule has 1 amide bonds. The van der Waals surface area contributed by atoms with Crippen LogP contribution < -0.4 is 5.32 Å². The highest BCUT2D eigenvalue weighted by Gasteiger charge is 2.22. The van der Waals surface area contributed by atoms with Crippen LogP contribution in [0.3, 0.4) is 0 Å². The van der Waals surface area contributed by atoms with E-state index in [2.05, 4.69) is 5.32 Å². The molecule has 18 heavy (non-hydrogen) atoms. The molecule has 0 fully saturated rings. The molecule has 0 bridgehead atoms. The summed E-state index contributed by atoms with van der Waals surface area (Å²) < 4.78 is 13.0. The van der Waals surface area contributed by atoms with Gasteiger partial charge in [-0.25, -0.2) is 4.39 Å². The Balaban J connectivity index is 2.76. The van der Waals surface area contributed by atoms with Crippen molar-refractivity contribution in [2.45, 2.75) is 19.9 Å². The number of carbonyl (C=O) groups is 2. The van der Waals surface area contributed by atoms with E-state index < -0.39 is 29.7 Å².